The molecule has 0 fully saturated rings. The third-order valence-corrected chi connectivity index (χ3v) is 17.8. The zero-order valence-corrected chi connectivity index (χ0v) is 36.8. The van der Waals surface area contributed by atoms with E-state index < -0.39 is 8.07 Å². The highest BCUT2D eigenvalue weighted by Gasteiger charge is 2.43. The number of hydrogen-bond donors (Lipinski definition) is 0. The molecule has 0 radical (unpaired) electrons. The highest BCUT2D eigenvalue weighted by Crippen LogP contribution is 2.52. The van der Waals surface area contributed by atoms with Crippen molar-refractivity contribution in [2.75, 3.05) is 14.7 Å². The number of nitrogens with zero attached hydrogens (tertiary/aromatic N) is 3. The van der Waals surface area contributed by atoms with Gasteiger partial charge in [0.2, 0.25) is 0 Å². The summed E-state index contributed by atoms with van der Waals surface area (Å²) >= 11 is 0. The van der Waals surface area contributed by atoms with Crippen LogP contribution in [0.15, 0.2) is 272 Å². The van der Waals surface area contributed by atoms with Crippen molar-refractivity contribution in [2.24, 2.45) is 0 Å². The van der Waals surface area contributed by atoms with Crippen LogP contribution in [0.3, 0.4) is 0 Å². The zero-order valence-electron chi connectivity index (χ0n) is 35.8. The summed E-state index contributed by atoms with van der Waals surface area (Å²) in [7, 11) is -3.00. The third-order valence-electron chi connectivity index (χ3n) is 13.1. The fourth-order valence-electron chi connectivity index (χ4n) is 10.3. The first-order valence-corrected chi connectivity index (χ1v) is 24.5. The molecule has 0 saturated carbocycles. The molecule has 308 valence electrons. The summed E-state index contributed by atoms with van der Waals surface area (Å²) in [6.07, 6.45) is 14.8. The molecule has 0 saturated heterocycles. The first-order valence-electron chi connectivity index (χ1n) is 22.5. The molecule has 64 heavy (non-hydrogen) atoms. The van der Waals surface area contributed by atoms with Crippen LogP contribution in [0.25, 0.3) is 0 Å². The molecule has 11 rings (SSSR count). The number of benzene rings is 8. The van der Waals surface area contributed by atoms with Crippen LogP contribution >= 0.6 is 0 Å². The van der Waals surface area contributed by atoms with Crippen LogP contribution in [0.1, 0.15) is 30.7 Å². The summed E-state index contributed by atoms with van der Waals surface area (Å²) in [5.74, 6) is 0.234. The van der Waals surface area contributed by atoms with Crippen LogP contribution in [0.2, 0.25) is 0 Å². The van der Waals surface area contributed by atoms with E-state index in [9.17, 15) is 0 Å². The van der Waals surface area contributed by atoms with Gasteiger partial charge in [-0.1, -0.05) is 170 Å². The smallest absolute Gasteiger partial charge is 0.179 e. The number of hydrogen-bond acceptors (Lipinski definition) is 3. The molecule has 0 N–H and O–H groups in total. The lowest BCUT2D eigenvalue weighted by molar-refractivity contribution is 0.760. The van der Waals surface area contributed by atoms with E-state index in [0.29, 0.717) is 0 Å². The third kappa shape index (κ3) is 7.03. The first kappa shape index (κ1) is 39.2. The number of anilines is 6. The average Bonchev–Trinajstić information content (AvgIpc) is 3.70. The Balaban J connectivity index is 1.10. The number of para-hydroxylation sites is 4. The Hall–Kier alpha value is -7.66. The molecule has 4 heteroatoms. The Bertz CT molecular complexity index is 2950. The van der Waals surface area contributed by atoms with Crippen LogP contribution in [0.4, 0.5) is 34.1 Å². The molecule has 1 unspecified atom stereocenters. The second-order valence-corrected chi connectivity index (χ2v) is 20.6. The Morgan fingerprint density at radius 2 is 0.938 bits per heavy atom. The molecular formula is C60H49N3Si. The fourth-order valence-corrected chi connectivity index (χ4v) is 15.1. The maximum atomic E-state index is 2.55. The van der Waals surface area contributed by atoms with E-state index >= 15 is 0 Å². The van der Waals surface area contributed by atoms with Gasteiger partial charge in [-0.3, -0.25) is 0 Å². The summed E-state index contributed by atoms with van der Waals surface area (Å²) in [6.45, 7) is 0. The van der Waals surface area contributed by atoms with Crippen molar-refractivity contribution >= 4 is 62.9 Å². The Labute approximate surface area is 378 Å². The van der Waals surface area contributed by atoms with Crippen molar-refractivity contribution in [3.63, 3.8) is 0 Å². The molecule has 1 heterocycles. The van der Waals surface area contributed by atoms with Crippen LogP contribution in [-0.4, -0.2) is 8.07 Å². The maximum Gasteiger partial charge on any atom is 0.179 e. The molecule has 2 aliphatic carbocycles. The zero-order chi connectivity index (χ0) is 42.7. The van der Waals surface area contributed by atoms with Crippen molar-refractivity contribution in [2.45, 2.75) is 25.2 Å². The van der Waals surface area contributed by atoms with Gasteiger partial charge >= 0.3 is 0 Å². The second kappa shape index (κ2) is 17.2. The van der Waals surface area contributed by atoms with Gasteiger partial charge in [0, 0.05) is 63.6 Å². The van der Waals surface area contributed by atoms with Crippen molar-refractivity contribution in [3.8, 4) is 0 Å². The minimum Gasteiger partial charge on any atom is -0.315 e. The molecule has 0 spiro atoms. The highest BCUT2D eigenvalue weighted by atomic mass is 28.3. The fraction of sp³-hybridized carbons (Fsp3) is 0.0667. The Morgan fingerprint density at radius 3 is 1.52 bits per heavy atom. The summed E-state index contributed by atoms with van der Waals surface area (Å²) < 4.78 is 0. The van der Waals surface area contributed by atoms with Gasteiger partial charge in [0.05, 0.1) is 0 Å². The monoisotopic (exact) mass is 839 g/mol. The van der Waals surface area contributed by atoms with E-state index in [1.807, 2.05) is 0 Å². The standard InChI is InChI=1S/C60H49N3Si/c1-7-23-46(24-8-1)61(47-25-9-2-10-26-47)50-31-21-37-55(43-50)64(53-33-15-5-16-34-53,54-35-17-6-18-36-54)56-38-22-32-51(44-56)62(48-27-11-3-12-28-48)52-41-42-60-58(45-52)57-39-19-20-40-59(57)63(60)49-29-13-4-14-30-49/h1-2,4-11,13-44,58H,3,12,45H2. The molecule has 3 aliphatic rings. The van der Waals surface area contributed by atoms with Crippen molar-refractivity contribution in [1.82, 2.24) is 0 Å². The molecule has 0 amide bonds. The highest BCUT2D eigenvalue weighted by molar-refractivity contribution is 7.20. The lowest BCUT2D eigenvalue weighted by atomic mass is 9.89. The number of allylic oxidation sites excluding steroid dienone is 7. The summed E-state index contributed by atoms with van der Waals surface area (Å²) in [5.41, 5.74) is 12.3. The molecule has 0 aromatic heterocycles. The predicted molar refractivity (Wildman–Crippen MR) is 272 cm³/mol. The second-order valence-electron chi connectivity index (χ2n) is 16.8. The van der Waals surface area contributed by atoms with E-state index in [0.717, 1.165) is 36.3 Å². The van der Waals surface area contributed by atoms with Crippen LogP contribution in [0, 0.1) is 0 Å². The van der Waals surface area contributed by atoms with Crippen molar-refractivity contribution in [3.05, 3.63) is 277 Å². The van der Waals surface area contributed by atoms with Crippen LogP contribution in [0.5, 0.6) is 0 Å². The molecule has 3 nitrogen and oxygen atoms in total. The van der Waals surface area contributed by atoms with E-state index in [1.54, 1.807) is 0 Å². The van der Waals surface area contributed by atoms with Gasteiger partial charge < -0.3 is 14.7 Å². The van der Waals surface area contributed by atoms with E-state index in [-0.39, 0.29) is 5.92 Å². The van der Waals surface area contributed by atoms with Gasteiger partial charge in [-0.25, -0.2) is 0 Å². The van der Waals surface area contributed by atoms with E-state index in [1.165, 1.54) is 60.5 Å². The van der Waals surface area contributed by atoms with Gasteiger partial charge in [-0.2, -0.15) is 0 Å². The topological polar surface area (TPSA) is 9.72 Å². The molecule has 8 aromatic rings. The SMILES string of the molecule is C1=CC(N(C2=CC=C3C(C2)c2ccccc2N3c2ccccc2)c2cccc([Si](c3ccccc3)(c3ccccc3)c3cccc(N(c4ccccc4)c4ccccc4)c3)c2)=CCC1. The summed E-state index contributed by atoms with van der Waals surface area (Å²) in [4.78, 5) is 7.40. The molecule has 0 bridgehead atoms. The summed E-state index contributed by atoms with van der Waals surface area (Å²) in [6, 6.07) is 82.8. The molecular weight excluding hydrogens is 791 g/mol. The van der Waals surface area contributed by atoms with Crippen LogP contribution < -0.4 is 35.4 Å². The van der Waals surface area contributed by atoms with Gasteiger partial charge in [-0.15, -0.1) is 0 Å². The van der Waals surface area contributed by atoms with Gasteiger partial charge in [0.1, 0.15) is 0 Å². The lowest BCUT2D eigenvalue weighted by Gasteiger charge is -2.37. The van der Waals surface area contributed by atoms with E-state index in [4.69, 9.17) is 0 Å². The van der Waals surface area contributed by atoms with Crippen molar-refractivity contribution in [1.29, 1.82) is 0 Å². The minimum atomic E-state index is -3.00. The first-order chi connectivity index (χ1) is 31.8. The number of fused-ring (bicyclic) bond motifs is 3. The lowest BCUT2D eigenvalue weighted by Crippen LogP contribution is -2.74. The quantitative estimate of drug-likeness (QED) is 0.0949. The Morgan fingerprint density at radius 1 is 0.438 bits per heavy atom. The minimum absolute atomic E-state index is 0.234. The Kier molecular flexibility index (Phi) is 10.6. The molecule has 8 aromatic carbocycles. The summed E-state index contributed by atoms with van der Waals surface area (Å²) in [5, 5.41) is 5.36. The van der Waals surface area contributed by atoms with E-state index in [2.05, 4.69) is 270 Å². The molecule has 1 aliphatic heterocycles. The maximum absolute atomic E-state index is 3.00. The van der Waals surface area contributed by atoms with Crippen molar-refractivity contribution < 1.29 is 0 Å². The molecule has 1 atom stereocenters. The van der Waals surface area contributed by atoms with Gasteiger partial charge in [0.15, 0.2) is 8.07 Å². The normalized spacial score (nSPS) is 15.3. The van der Waals surface area contributed by atoms with Gasteiger partial charge in [0.25, 0.3) is 0 Å². The number of rotatable bonds is 11. The van der Waals surface area contributed by atoms with Gasteiger partial charge in [-0.05, 0) is 124 Å². The largest absolute Gasteiger partial charge is 0.315 e. The predicted octanol–water partition coefficient (Wildman–Crippen LogP) is 12.7. The average molecular weight is 840 g/mol. The van der Waals surface area contributed by atoms with Crippen LogP contribution in [-0.2, 0) is 0 Å².